The second-order valence-corrected chi connectivity index (χ2v) is 6.89. The topological polar surface area (TPSA) is 41.1 Å². The predicted molar refractivity (Wildman–Crippen MR) is 85.7 cm³/mol. The van der Waals surface area contributed by atoms with Crippen molar-refractivity contribution in [3.63, 3.8) is 0 Å². The van der Waals surface area contributed by atoms with Crippen molar-refractivity contribution in [3.8, 4) is 0 Å². The summed E-state index contributed by atoms with van der Waals surface area (Å²) < 4.78 is 0. The molecule has 0 heterocycles. The normalized spacial score (nSPS) is 25.2. The van der Waals surface area contributed by atoms with Crippen LogP contribution in [0.1, 0.15) is 72.6 Å². The van der Waals surface area contributed by atoms with Gasteiger partial charge in [-0.15, -0.1) is 0 Å². The number of carbonyl (C=O) groups is 1. The van der Waals surface area contributed by atoms with Crippen LogP contribution < -0.4 is 10.6 Å². The van der Waals surface area contributed by atoms with Crippen LogP contribution in [0, 0.1) is 11.8 Å². The molecule has 118 valence electrons. The van der Waals surface area contributed by atoms with Crippen LogP contribution in [0.2, 0.25) is 0 Å². The van der Waals surface area contributed by atoms with Crippen LogP contribution in [-0.4, -0.2) is 24.5 Å². The molecular formula is C17H34N2O. The van der Waals surface area contributed by atoms with Gasteiger partial charge >= 0.3 is 0 Å². The van der Waals surface area contributed by atoms with Gasteiger partial charge in [0.1, 0.15) is 0 Å². The maximum Gasteiger partial charge on any atom is 0.236 e. The van der Waals surface area contributed by atoms with Crippen molar-refractivity contribution in [2.45, 2.75) is 84.7 Å². The van der Waals surface area contributed by atoms with Crippen LogP contribution in [0.15, 0.2) is 0 Å². The molecule has 1 amide bonds. The van der Waals surface area contributed by atoms with E-state index in [4.69, 9.17) is 0 Å². The predicted octanol–water partition coefficient (Wildman–Crippen LogP) is 3.49. The molecule has 1 rings (SSSR count). The summed E-state index contributed by atoms with van der Waals surface area (Å²) in [6, 6.07) is 0.457. The molecule has 0 saturated heterocycles. The molecule has 0 aromatic heterocycles. The molecule has 1 saturated carbocycles. The molecule has 3 atom stereocenters. The Kier molecular flexibility index (Phi) is 8.20. The molecule has 3 heteroatoms. The Morgan fingerprint density at radius 3 is 2.55 bits per heavy atom. The number of nitrogens with one attached hydrogen (secondary N) is 2. The van der Waals surface area contributed by atoms with E-state index in [0.717, 1.165) is 12.5 Å². The van der Waals surface area contributed by atoms with E-state index in [-0.39, 0.29) is 11.9 Å². The summed E-state index contributed by atoms with van der Waals surface area (Å²) in [7, 11) is 0. The molecule has 1 fully saturated rings. The summed E-state index contributed by atoms with van der Waals surface area (Å²) in [4.78, 5) is 12.0. The molecule has 1 aliphatic rings. The Labute approximate surface area is 125 Å². The molecule has 1 aliphatic carbocycles. The van der Waals surface area contributed by atoms with Crippen LogP contribution in [0.3, 0.4) is 0 Å². The van der Waals surface area contributed by atoms with Gasteiger partial charge in [-0.25, -0.2) is 0 Å². The second-order valence-electron chi connectivity index (χ2n) is 6.89. The lowest BCUT2D eigenvalue weighted by Gasteiger charge is -2.22. The third kappa shape index (κ3) is 6.74. The fraction of sp³-hybridized carbons (Fsp3) is 0.941. The first kappa shape index (κ1) is 17.5. The second kappa shape index (κ2) is 9.38. The van der Waals surface area contributed by atoms with E-state index < -0.39 is 0 Å². The lowest BCUT2D eigenvalue weighted by Crippen LogP contribution is -2.47. The Hall–Kier alpha value is -0.570. The van der Waals surface area contributed by atoms with Crippen molar-refractivity contribution in [3.05, 3.63) is 0 Å². The van der Waals surface area contributed by atoms with Gasteiger partial charge in [-0.05, 0) is 38.0 Å². The molecule has 0 aromatic rings. The SMILES string of the molecule is CCCC1CCCC(NC(C)C(=O)NCC(C)C)CC1. The van der Waals surface area contributed by atoms with Crippen molar-refractivity contribution in [1.82, 2.24) is 10.6 Å². The zero-order valence-corrected chi connectivity index (χ0v) is 13.9. The lowest BCUT2D eigenvalue weighted by molar-refractivity contribution is -0.123. The van der Waals surface area contributed by atoms with Gasteiger partial charge in [0.15, 0.2) is 0 Å². The van der Waals surface area contributed by atoms with E-state index in [1.807, 2.05) is 6.92 Å². The van der Waals surface area contributed by atoms with Crippen LogP contribution in [0.4, 0.5) is 0 Å². The molecule has 2 N–H and O–H groups in total. The van der Waals surface area contributed by atoms with Crippen LogP contribution in [0.5, 0.6) is 0 Å². The summed E-state index contributed by atoms with van der Waals surface area (Å²) in [5, 5.41) is 6.55. The maximum atomic E-state index is 12.0. The van der Waals surface area contributed by atoms with Gasteiger partial charge in [0, 0.05) is 12.6 Å². The van der Waals surface area contributed by atoms with Gasteiger partial charge in [0.05, 0.1) is 6.04 Å². The minimum absolute atomic E-state index is 0.0681. The van der Waals surface area contributed by atoms with Crippen molar-refractivity contribution < 1.29 is 4.79 Å². The largest absolute Gasteiger partial charge is 0.354 e. The molecular weight excluding hydrogens is 248 g/mol. The fourth-order valence-electron chi connectivity index (χ4n) is 3.13. The van der Waals surface area contributed by atoms with Gasteiger partial charge in [0.25, 0.3) is 0 Å². The third-order valence-electron chi connectivity index (χ3n) is 4.35. The molecule has 3 nitrogen and oxygen atoms in total. The standard InChI is InChI=1S/C17H34N2O/c1-5-7-15-8-6-9-16(11-10-15)19-14(4)17(20)18-12-13(2)3/h13-16,19H,5-12H2,1-4H3,(H,18,20). The number of hydrogen-bond donors (Lipinski definition) is 2. The Morgan fingerprint density at radius 1 is 1.15 bits per heavy atom. The lowest BCUT2D eigenvalue weighted by atomic mass is 9.95. The van der Waals surface area contributed by atoms with E-state index in [1.54, 1.807) is 0 Å². The first-order chi connectivity index (χ1) is 9.52. The van der Waals surface area contributed by atoms with E-state index in [0.29, 0.717) is 12.0 Å². The van der Waals surface area contributed by atoms with Gasteiger partial charge < -0.3 is 10.6 Å². The minimum Gasteiger partial charge on any atom is -0.354 e. The average molecular weight is 282 g/mol. The zero-order chi connectivity index (χ0) is 15.0. The number of rotatable bonds is 7. The van der Waals surface area contributed by atoms with Gasteiger partial charge in [0.2, 0.25) is 5.91 Å². The summed E-state index contributed by atoms with van der Waals surface area (Å²) in [6.07, 6.45) is 9.14. The van der Waals surface area contributed by atoms with Crippen LogP contribution in [-0.2, 0) is 4.79 Å². The molecule has 0 spiro atoms. The van der Waals surface area contributed by atoms with Crippen molar-refractivity contribution in [1.29, 1.82) is 0 Å². The molecule has 0 bridgehead atoms. The monoisotopic (exact) mass is 282 g/mol. The van der Waals surface area contributed by atoms with Gasteiger partial charge in [-0.2, -0.15) is 0 Å². The summed E-state index contributed by atoms with van der Waals surface area (Å²) >= 11 is 0. The highest BCUT2D eigenvalue weighted by molar-refractivity contribution is 5.81. The summed E-state index contributed by atoms with van der Waals surface area (Å²) in [5.41, 5.74) is 0. The fourth-order valence-corrected chi connectivity index (χ4v) is 3.13. The third-order valence-corrected chi connectivity index (χ3v) is 4.35. The van der Waals surface area contributed by atoms with Crippen molar-refractivity contribution in [2.24, 2.45) is 11.8 Å². The van der Waals surface area contributed by atoms with Crippen LogP contribution in [0.25, 0.3) is 0 Å². The van der Waals surface area contributed by atoms with E-state index in [2.05, 4.69) is 31.4 Å². The molecule has 0 aromatic carbocycles. The Balaban J connectivity index is 2.30. The smallest absolute Gasteiger partial charge is 0.236 e. The quantitative estimate of drug-likeness (QED) is 0.702. The van der Waals surface area contributed by atoms with E-state index in [1.165, 1.54) is 44.9 Å². The number of hydrogen-bond acceptors (Lipinski definition) is 2. The molecule has 0 aliphatic heterocycles. The zero-order valence-electron chi connectivity index (χ0n) is 13.9. The van der Waals surface area contributed by atoms with Gasteiger partial charge in [-0.3, -0.25) is 4.79 Å². The summed E-state index contributed by atoms with van der Waals surface area (Å²) in [5.74, 6) is 1.57. The molecule has 3 unspecified atom stereocenters. The van der Waals surface area contributed by atoms with Crippen molar-refractivity contribution >= 4 is 5.91 Å². The van der Waals surface area contributed by atoms with Gasteiger partial charge in [-0.1, -0.05) is 46.5 Å². The number of carbonyl (C=O) groups excluding carboxylic acids is 1. The number of amides is 1. The van der Waals surface area contributed by atoms with E-state index >= 15 is 0 Å². The first-order valence-corrected chi connectivity index (χ1v) is 8.56. The minimum atomic E-state index is -0.0681. The van der Waals surface area contributed by atoms with Crippen LogP contribution >= 0.6 is 0 Å². The maximum absolute atomic E-state index is 12.0. The van der Waals surface area contributed by atoms with E-state index in [9.17, 15) is 4.79 Å². The first-order valence-electron chi connectivity index (χ1n) is 8.56. The highest BCUT2D eigenvalue weighted by atomic mass is 16.2. The average Bonchev–Trinajstić information content (AvgIpc) is 2.62. The molecule has 0 radical (unpaired) electrons. The highest BCUT2D eigenvalue weighted by Gasteiger charge is 2.21. The molecule has 20 heavy (non-hydrogen) atoms. The Bertz CT molecular complexity index is 278. The highest BCUT2D eigenvalue weighted by Crippen LogP contribution is 2.26. The Morgan fingerprint density at radius 2 is 1.90 bits per heavy atom. The van der Waals surface area contributed by atoms with Crippen molar-refractivity contribution in [2.75, 3.05) is 6.54 Å². The summed E-state index contributed by atoms with van der Waals surface area (Å²) in [6.45, 7) is 9.29.